The van der Waals surface area contributed by atoms with Crippen molar-refractivity contribution < 1.29 is 19.1 Å². The molecule has 2 aromatic rings. The van der Waals surface area contributed by atoms with Crippen LogP contribution in [-0.4, -0.2) is 49.6 Å². The van der Waals surface area contributed by atoms with Crippen molar-refractivity contribution in [2.75, 3.05) is 26.8 Å². The molecule has 0 aromatic heterocycles. The highest BCUT2D eigenvalue weighted by Crippen LogP contribution is 2.14. The van der Waals surface area contributed by atoms with Gasteiger partial charge < -0.3 is 14.8 Å². The molecule has 6 nitrogen and oxygen atoms in total. The van der Waals surface area contributed by atoms with E-state index in [4.69, 9.17) is 9.47 Å². The Morgan fingerprint density at radius 3 is 2.34 bits per heavy atom. The number of rotatable bonds is 8. The van der Waals surface area contributed by atoms with Crippen molar-refractivity contribution in [1.82, 2.24) is 10.2 Å². The SMILES string of the molecule is COCc1ccc(C(=O)OCC(=O)NC2CCN(Cc3ccccc3)CC2)cc1. The second kappa shape index (κ2) is 10.7. The summed E-state index contributed by atoms with van der Waals surface area (Å²) in [6, 6.07) is 17.5. The highest BCUT2D eigenvalue weighted by atomic mass is 16.5. The summed E-state index contributed by atoms with van der Waals surface area (Å²) >= 11 is 0. The summed E-state index contributed by atoms with van der Waals surface area (Å²) in [4.78, 5) is 26.6. The van der Waals surface area contributed by atoms with Crippen LogP contribution in [0.1, 0.15) is 34.3 Å². The molecule has 0 aliphatic carbocycles. The van der Waals surface area contributed by atoms with Crippen LogP contribution in [0.5, 0.6) is 0 Å². The van der Waals surface area contributed by atoms with E-state index in [0.29, 0.717) is 12.2 Å². The molecule has 1 aliphatic heterocycles. The zero-order valence-electron chi connectivity index (χ0n) is 16.8. The lowest BCUT2D eigenvalue weighted by atomic mass is 10.0. The van der Waals surface area contributed by atoms with E-state index in [2.05, 4.69) is 34.5 Å². The summed E-state index contributed by atoms with van der Waals surface area (Å²) < 4.78 is 10.2. The number of piperidine rings is 1. The van der Waals surface area contributed by atoms with Crippen molar-refractivity contribution in [3.63, 3.8) is 0 Å². The quantitative estimate of drug-likeness (QED) is 0.695. The molecule has 0 radical (unpaired) electrons. The number of esters is 1. The van der Waals surface area contributed by atoms with Gasteiger partial charge in [0.25, 0.3) is 5.91 Å². The average molecular weight is 396 g/mol. The van der Waals surface area contributed by atoms with Gasteiger partial charge in [-0.2, -0.15) is 0 Å². The number of nitrogens with zero attached hydrogens (tertiary/aromatic N) is 1. The van der Waals surface area contributed by atoms with Gasteiger partial charge in [0.2, 0.25) is 0 Å². The Hall–Kier alpha value is -2.70. The van der Waals surface area contributed by atoms with Crippen LogP contribution in [0.3, 0.4) is 0 Å². The van der Waals surface area contributed by atoms with Crippen molar-refractivity contribution in [3.8, 4) is 0 Å². The van der Waals surface area contributed by atoms with Gasteiger partial charge in [0.15, 0.2) is 6.61 Å². The predicted molar refractivity (Wildman–Crippen MR) is 110 cm³/mol. The maximum Gasteiger partial charge on any atom is 0.338 e. The molecule has 1 amide bonds. The second-order valence-corrected chi connectivity index (χ2v) is 7.31. The number of hydrogen-bond donors (Lipinski definition) is 1. The molecule has 0 unspecified atom stereocenters. The molecule has 2 aromatic carbocycles. The highest BCUT2D eigenvalue weighted by molar-refractivity contribution is 5.91. The Labute approximate surface area is 171 Å². The fraction of sp³-hybridized carbons (Fsp3) is 0.391. The molecule has 0 saturated carbocycles. The number of benzene rings is 2. The summed E-state index contributed by atoms with van der Waals surface area (Å²) in [5.41, 5.74) is 2.70. The molecule has 1 aliphatic rings. The van der Waals surface area contributed by atoms with Gasteiger partial charge >= 0.3 is 5.97 Å². The molecular weight excluding hydrogens is 368 g/mol. The molecule has 0 atom stereocenters. The molecule has 1 heterocycles. The third-order valence-electron chi connectivity index (χ3n) is 5.04. The van der Waals surface area contributed by atoms with Gasteiger partial charge in [0, 0.05) is 32.8 Å². The van der Waals surface area contributed by atoms with Crippen LogP contribution >= 0.6 is 0 Å². The topological polar surface area (TPSA) is 67.9 Å². The fourth-order valence-electron chi connectivity index (χ4n) is 3.46. The van der Waals surface area contributed by atoms with Crippen LogP contribution < -0.4 is 5.32 Å². The lowest BCUT2D eigenvalue weighted by molar-refractivity contribution is -0.125. The van der Waals surface area contributed by atoms with Crippen LogP contribution in [0, 0.1) is 0 Å². The Morgan fingerprint density at radius 1 is 1.00 bits per heavy atom. The Morgan fingerprint density at radius 2 is 1.69 bits per heavy atom. The van der Waals surface area contributed by atoms with Gasteiger partial charge in [0.1, 0.15) is 0 Å². The van der Waals surface area contributed by atoms with Gasteiger partial charge in [0.05, 0.1) is 12.2 Å². The van der Waals surface area contributed by atoms with Gasteiger partial charge in [-0.25, -0.2) is 4.79 Å². The average Bonchev–Trinajstić information content (AvgIpc) is 2.75. The maximum atomic E-state index is 12.1. The first-order valence-electron chi connectivity index (χ1n) is 9.94. The van der Waals surface area contributed by atoms with E-state index in [1.807, 2.05) is 18.2 Å². The monoisotopic (exact) mass is 396 g/mol. The maximum absolute atomic E-state index is 12.1. The third kappa shape index (κ3) is 6.69. The first-order chi connectivity index (χ1) is 14.1. The molecule has 1 saturated heterocycles. The minimum absolute atomic E-state index is 0.126. The lowest BCUT2D eigenvalue weighted by Gasteiger charge is -2.32. The van der Waals surface area contributed by atoms with E-state index in [-0.39, 0.29) is 18.6 Å². The summed E-state index contributed by atoms with van der Waals surface area (Å²) in [7, 11) is 1.62. The molecule has 1 N–H and O–H groups in total. The minimum atomic E-state index is -0.498. The van der Waals surface area contributed by atoms with Gasteiger partial charge in [-0.15, -0.1) is 0 Å². The van der Waals surface area contributed by atoms with Crippen molar-refractivity contribution in [2.45, 2.75) is 32.0 Å². The number of nitrogens with one attached hydrogen (secondary N) is 1. The smallest absolute Gasteiger partial charge is 0.338 e. The minimum Gasteiger partial charge on any atom is -0.452 e. The molecule has 1 fully saturated rings. The second-order valence-electron chi connectivity index (χ2n) is 7.31. The van der Waals surface area contributed by atoms with Crippen LogP contribution in [0.15, 0.2) is 54.6 Å². The van der Waals surface area contributed by atoms with E-state index in [1.165, 1.54) is 5.56 Å². The number of methoxy groups -OCH3 is 1. The standard InChI is InChI=1S/C23H28N2O4/c1-28-16-19-7-9-20(10-8-19)23(27)29-17-22(26)24-21-11-13-25(14-12-21)15-18-5-3-2-4-6-18/h2-10,21H,11-17H2,1H3,(H,24,26). The predicted octanol–water partition coefficient (Wildman–Crippen LogP) is 2.77. The third-order valence-corrected chi connectivity index (χ3v) is 5.04. The van der Waals surface area contributed by atoms with E-state index in [0.717, 1.165) is 38.0 Å². The lowest BCUT2D eigenvalue weighted by Crippen LogP contribution is -2.45. The number of hydrogen-bond acceptors (Lipinski definition) is 5. The summed E-state index contributed by atoms with van der Waals surface area (Å²) in [5, 5.41) is 2.98. The number of carbonyl (C=O) groups is 2. The van der Waals surface area contributed by atoms with Crippen LogP contribution in [0.25, 0.3) is 0 Å². The first kappa shape index (κ1) is 21.0. The fourth-order valence-corrected chi connectivity index (χ4v) is 3.46. The number of carbonyl (C=O) groups excluding carboxylic acids is 2. The molecule has 3 rings (SSSR count). The van der Waals surface area contributed by atoms with Crippen LogP contribution in [0.2, 0.25) is 0 Å². The Bertz CT molecular complexity index is 784. The first-order valence-corrected chi connectivity index (χ1v) is 9.94. The molecule has 0 spiro atoms. The van der Waals surface area contributed by atoms with Crippen molar-refractivity contribution in [3.05, 3.63) is 71.3 Å². The number of amides is 1. The summed E-state index contributed by atoms with van der Waals surface area (Å²) in [6.45, 7) is 3.04. The highest BCUT2D eigenvalue weighted by Gasteiger charge is 2.21. The zero-order chi connectivity index (χ0) is 20.5. The largest absolute Gasteiger partial charge is 0.452 e. The summed E-state index contributed by atoms with van der Waals surface area (Å²) in [6.07, 6.45) is 1.79. The van der Waals surface area contributed by atoms with E-state index >= 15 is 0 Å². The zero-order valence-corrected chi connectivity index (χ0v) is 16.8. The Balaban J connectivity index is 1.36. The van der Waals surface area contributed by atoms with Gasteiger partial charge in [-0.1, -0.05) is 42.5 Å². The van der Waals surface area contributed by atoms with Crippen molar-refractivity contribution in [2.24, 2.45) is 0 Å². The number of likely N-dealkylation sites (tertiary alicyclic amines) is 1. The molecule has 29 heavy (non-hydrogen) atoms. The van der Waals surface area contributed by atoms with Crippen molar-refractivity contribution in [1.29, 1.82) is 0 Å². The van der Waals surface area contributed by atoms with Gasteiger partial charge in [-0.3, -0.25) is 9.69 Å². The van der Waals surface area contributed by atoms with E-state index in [1.54, 1.807) is 19.2 Å². The molecule has 6 heteroatoms. The molecule has 0 bridgehead atoms. The summed E-state index contributed by atoms with van der Waals surface area (Å²) in [5.74, 6) is -0.752. The van der Waals surface area contributed by atoms with Crippen LogP contribution in [0.4, 0.5) is 0 Å². The van der Waals surface area contributed by atoms with Gasteiger partial charge in [-0.05, 0) is 36.1 Å². The molecule has 154 valence electrons. The van der Waals surface area contributed by atoms with E-state index < -0.39 is 5.97 Å². The van der Waals surface area contributed by atoms with E-state index in [9.17, 15) is 9.59 Å². The number of ether oxygens (including phenoxy) is 2. The molecular formula is C23H28N2O4. The van der Waals surface area contributed by atoms with Crippen LogP contribution in [-0.2, 0) is 27.4 Å². The van der Waals surface area contributed by atoms with Crippen molar-refractivity contribution >= 4 is 11.9 Å². The Kier molecular flexibility index (Phi) is 7.78. The normalized spacial score (nSPS) is 15.1.